The monoisotopic (exact) mass is 394 g/mol. The number of aromatic nitrogens is 2. The Morgan fingerprint density at radius 2 is 1.89 bits per heavy atom. The molecule has 0 atom stereocenters. The Hall–Kier alpha value is -2.43. The minimum absolute atomic E-state index is 0.0162. The van der Waals surface area contributed by atoms with E-state index >= 15 is 0 Å². The third kappa shape index (κ3) is 3.31. The van der Waals surface area contributed by atoms with Gasteiger partial charge in [-0.15, -0.1) is 11.3 Å². The molecule has 3 nitrogen and oxygen atoms in total. The summed E-state index contributed by atoms with van der Waals surface area (Å²) in [5.74, 6) is 0. The summed E-state index contributed by atoms with van der Waals surface area (Å²) in [6.45, 7) is 6.69. The number of thiophene rings is 1. The number of benzene rings is 2. The summed E-state index contributed by atoms with van der Waals surface area (Å²) in [7, 11) is 0. The van der Waals surface area contributed by atoms with E-state index in [0.717, 1.165) is 26.4 Å². The zero-order valence-corrected chi connectivity index (χ0v) is 17.0. The Labute approximate surface area is 166 Å². The van der Waals surface area contributed by atoms with Crippen molar-refractivity contribution >= 4 is 33.2 Å². The Morgan fingerprint density at radius 1 is 1.07 bits per heavy atom. The molecule has 0 aliphatic carbocycles. The van der Waals surface area contributed by atoms with Gasteiger partial charge in [-0.05, 0) is 55.2 Å². The molecule has 0 bridgehead atoms. The number of nitrogens with zero attached hydrogens (tertiary/aromatic N) is 2. The van der Waals surface area contributed by atoms with Gasteiger partial charge >= 0.3 is 0 Å². The lowest BCUT2D eigenvalue weighted by Crippen LogP contribution is -2.21. The van der Waals surface area contributed by atoms with Crippen LogP contribution in [-0.4, -0.2) is 9.55 Å². The van der Waals surface area contributed by atoms with Crippen molar-refractivity contribution in [3.8, 4) is 11.1 Å². The van der Waals surface area contributed by atoms with Gasteiger partial charge in [-0.2, -0.15) is 0 Å². The summed E-state index contributed by atoms with van der Waals surface area (Å²) in [6, 6.07) is 13.9. The number of rotatable bonds is 3. The molecular weight excluding hydrogens is 376 g/mol. The highest BCUT2D eigenvalue weighted by Crippen LogP contribution is 2.36. The van der Waals surface area contributed by atoms with Gasteiger partial charge in [-0.3, -0.25) is 9.36 Å². The highest BCUT2D eigenvalue weighted by Gasteiger charge is 2.17. The topological polar surface area (TPSA) is 34.9 Å². The fourth-order valence-corrected chi connectivity index (χ4v) is 4.54. The predicted molar refractivity (Wildman–Crippen MR) is 114 cm³/mol. The Kier molecular flexibility index (Phi) is 4.62. The number of halogens is 1. The van der Waals surface area contributed by atoms with Gasteiger partial charge in [-0.25, -0.2) is 4.98 Å². The maximum atomic E-state index is 13.3. The van der Waals surface area contributed by atoms with E-state index in [9.17, 15) is 4.79 Å². The average molecular weight is 395 g/mol. The van der Waals surface area contributed by atoms with Crippen LogP contribution in [0, 0.1) is 20.8 Å². The summed E-state index contributed by atoms with van der Waals surface area (Å²) >= 11 is 7.65. The Balaban J connectivity index is 1.89. The van der Waals surface area contributed by atoms with Crippen molar-refractivity contribution in [2.45, 2.75) is 27.3 Å². The van der Waals surface area contributed by atoms with Crippen LogP contribution in [0.5, 0.6) is 0 Å². The van der Waals surface area contributed by atoms with Crippen LogP contribution in [0.25, 0.3) is 21.3 Å². The summed E-state index contributed by atoms with van der Waals surface area (Å²) in [4.78, 5) is 19.7. The molecule has 4 aromatic rings. The van der Waals surface area contributed by atoms with E-state index in [2.05, 4.69) is 44.0 Å². The maximum absolute atomic E-state index is 13.3. The van der Waals surface area contributed by atoms with Crippen molar-refractivity contribution in [1.82, 2.24) is 9.55 Å². The van der Waals surface area contributed by atoms with Crippen LogP contribution >= 0.6 is 22.9 Å². The van der Waals surface area contributed by atoms with E-state index in [1.165, 1.54) is 11.1 Å². The smallest absolute Gasteiger partial charge is 0.263 e. The van der Waals surface area contributed by atoms with E-state index in [4.69, 9.17) is 11.6 Å². The number of hydrogen-bond acceptors (Lipinski definition) is 3. The van der Waals surface area contributed by atoms with Crippen LogP contribution in [0.4, 0.5) is 0 Å². The molecule has 2 heterocycles. The SMILES string of the molecule is Cc1ccc(-c2c(C)sc3ncn(Cc4cccc(Cl)c4)c(=O)c23)cc1C. The van der Waals surface area contributed by atoms with Crippen LogP contribution in [0.1, 0.15) is 21.6 Å². The second-order valence-corrected chi connectivity index (χ2v) is 8.46. The predicted octanol–water partition coefficient (Wildman–Crippen LogP) is 5.75. The lowest BCUT2D eigenvalue weighted by molar-refractivity contribution is 0.749. The van der Waals surface area contributed by atoms with E-state index in [0.29, 0.717) is 17.0 Å². The zero-order chi connectivity index (χ0) is 19.1. The van der Waals surface area contributed by atoms with Gasteiger partial charge in [0.05, 0.1) is 18.3 Å². The Morgan fingerprint density at radius 3 is 2.63 bits per heavy atom. The van der Waals surface area contributed by atoms with E-state index in [1.807, 2.05) is 24.3 Å². The number of aryl methyl sites for hydroxylation is 3. The van der Waals surface area contributed by atoms with Gasteiger partial charge in [0.15, 0.2) is 0 Å². The van der Waals surface area contributed by atoms with E-state index in [-0.39, 0.29) is 5.56 Å². The molecule has 2 aromatic heterocycles. The standard InChI is InChI=1S/C22H19ClN2OS/c1-13-7-8-17(9-14(13)2)19-15(3)27-21-20(19)22(26)25(12-24-21)11-16-5-4-6-18(23)10-16/h4-10,12H,11H2,1-3H3. The molecule has 0 aliphatic rings. The van der Waals surface area contributed by atoms with Crippen LogP contribution in [0.2, 0.25) is 5.02 Å². The molecule has 4 rings (SSSR count). The van der Waals surface area contributed by atoms with Crippen molar-refractivity contribution in [1.29, 1.82) is 0 Å². The van der Waals surface area contributed by atoms with Crippen molar-refractivity contribution in [3.05, 3.63) is 85.7 Å². The molecule has 0 saturated heterocycles. The molecule has 136 valence electrons. The molecule has 0 unspecified atom stereocenters. The summed E-state index contributed by atoms with van der Waals surface area (Å²) in [5, 5.41) is 1.36. The second kappa shape index (κ2) is 6.95. The molecule has 0 saturated carbocycles. The van der Waals surface area contributed by atoms with E-state index < -0.39 is 0 Å². The second-order valence-electron chi connectivity index (χ2n) is 6.82. The minimum atomic E-state index is -0.0162. The first-order chi connectivity index (χ1) is 12.9. The molecule has 2 aromatic carbocycles. The highest BCUT2D eigenvalue weighted by molar-refractivity contribution is 7.19. The normalized spacial score (nSPS) is 11.3. The molecule has 0 fully saturated rings. The summed E-state index contributed by atoms with van der Waals surface area (Å²) in [5.41, 5.74) is 5.49. The molecular formula is C22H19ClN2OS. The zero-order valence-electron chi connectivity index (χ0n) is 15.4. The first-order valence-corrected chi connectivity index (χ1v) is 9.94. The lowest BCUT2D eigenvalue weighted by Gasteiger charge is -2.08. The van der Waals surface area contributed by atoms with Crippen molar-refractivity contribution in [2.75, 3.05) is 0 Å². The first-order valence-electron chi connectivity index (χ1n) is 8.74. The van der Waals surface area contributed by atoms with Gasteiger partial charge in [0.25, 0.3) is 5.56 Å². The third-order valence-corrected chi connectivity index (χ3v) is 6.14. The van der Waals surface area contributed by atoms with E-state index in [1.54, 1.807) is 22.2 Å². The van der Waals surface area contributed by atoms with Crippen LogP contribution in [0.3, 0.4) is 0 Å². The molecule has 0 radical (unpaired) electrons. The van der Waals surface area contributed by atoms with Crippen molar-refractivity contribution < 1.29 is 0 Å². The average Bonchev–Trinajstić information content (AvgIpc) is 2.97. The third-order valence-electron chi connectivity index (χ3n) is 4.89. The van der Waals surface area contributed by atoms with Gasteiger partial charge in [0, 0.05) is 15.5 Å². The van der Waals surface area contributed by atoms with Gasteiger partial charge in [0.2, 0.25) is 0 Å². The molecule has 0 aliphatic heterocycles. The largest absolute Gasteiger partial charge is 0.294 e. The van der Waals surface area contributed by atoms with Crippen molar-refractivity contribution in [2.24, 2.45) is 0 Å². The highest BCUT2D eigenvalue weighted by atomic mass is 35.5. The first kappa shape index (κ1) is 18.0. The molecule has 0 N–H and O–H groups in total. The van der Waals surface area contributed by atoms with Crippen LogP contribution in [-0.2, 0) is 6.54 Å². The molecule has 0 amide bonds. The minimum Gasteiger partial charge on any atom is -0.294 e. The maximum Gasteiger partial charge on any atom is 0.263 e. The Bertz CT molecular complexity index is 1220. The van der Waals surface area contributed by atoms with Crippen molar-refractivity contribution in [3.63, 3.8) is 0 Å². The lowest BCUT2D eigenvalue weighted by atomic mass is 9.99. The number of hydrogen-bond donors (Lipinski definition) is 0. The molecule has 27 heavy (non-hydrogen) atoms. The fourth-order valence-electron chi connectivity index (χ4n) is 3.33. The summed E-state index contributed by atoms with van der Waals surface area (Å²) < 4.78 is 1.66. The number of fused-ring (bicyclic) bond motifs is 1. The van der Waals surface area contributed by atoms with Crippen LogP contribution < -0.4 is 5.56 Å². The van der Waals surface area contributed by atoms with Gasteiger partial charge in [-0.1, -0.05) is 41.9 Å². The van der Waals surface area contributed by atoms with Gasteiger partial charge < -0.3 is 0 Å². The molecule has 0 spiro atoms. The van der Waals surface area contributed by atoms with Crippen LogP contribution in [0.15, 0.2) is 53.6 Å². The fraction of sp³-hybridized carbons (Fsp3) is 0.182. The summed E-state index contributed by atoms with van der Waals surface area (Å²) in [6.07, 6.45) is 1.63. The molecule has 5 heteroatoms. The quantitative estimate of drug-likeness (QED) is 0.443. The van der Waals surface area contributed by atoms with Gasteiger partial charge in [0.1, 0.15) is 4.83 Å².